The van der Waals surface area contributed by atoms with Crippen molar-refractivity contribution in [2.45, 2.75) is 0 Å². The van der Waals surface area contributed by atoms with Crippen molar-refractivity contribution < 1.29 is 18.6 Å². The molecule has 4 aromatic rings. The quantitative estimate of drug-likeness (QED) is 0.428. The maximum absolute atomic E-state index is 12.6. The first-order valence-corrected chi connectivity index (χ1v) is 7.09. The maximum atomic E-state index is 12.6. The number of benzene rings is 3. The van der Waals surface area contributed by atoms with Gasteiger partial charge in [-0.15, -0.1) is 0 Å². The number of hydrogen-bond acceptors (Lipinski definition) is 5. The third-order valence-corrected chi connectivity index (χ3v) is 4.14. The highest BCUT2D eigenvalue weighted by Gasteiger charge is 2.20. The van der Waals surface area contributed by atoms with Gasteiger partial charge in [0.25, 0.3) is 0 Å². The second-order valence-electron chi connectivity index (χ2n) is 5.26. The Bertz CT molecular complexity index is 1090. The summed E-state index contributed by atoms with van der Waals surface area (Å²) in [6, 6.07) is 9.42. The zero-order valence-electron chi connectivity index (χ0n) is 12.9. The second-order valence-corrected chi connectivity index (χ2v) is 5.26. The summed E-state index contributed by atoms with van der Waals surface area (Å²) in [4.78, 5) is 12.6. The van der Waals surface area contributed by atoms with Gasteiger partial charge in [0, 0.05) is 16.8 Å². The van der Waals surface area contributed by atoms with Gasteiger partial charge in [0.1, 0.15) is 16.7 Å². The van der Waals surface area contributed by atoms with Crippen LogP contribution in [0.25, 0.3) is 32.5 Å². The summed E-state index contributed by atoms with van der Waals surface area (Å²) in [5, 5.41) is 3.92. The van der Waals surface area contributed by atoms with E-state index in [0.717, 1.165) is 21.5 Å². The molecule has 4 rings (SSSR count). The van der Waals surface area contributed by atoms with E-state index in [0.29, 0.717) is 28.2 Å². The monoisotopic (exact) mass is 310 g/mol. The van der Waals surface area contributed by atoms with Crippen LogP contribution in [0.2, 0.25) is 0 Å². The van der Waals surface area contributed by atoms with E-state index in [9.17, 15) is 4.79 Å². The first kappa shape index (κ1) is 13.7. The molecule has 0 atom stereocenters. The lowest BCUT2D eigenvalue weighted by molar-refractivity contribution is 0.358. The second kappa shape index (κ2) is 4.78. The normalized spacial score (nSPS) is 11.4. The molecule has 0 aliphatic carbocycles. The average molecular weight is 310 g/mol. The average Bonchev–Trinajstić information content (AvgIpc) is 2.58. The predicted molar refractivity (Wildman–Crippen MR) is 88.3 cm³/mol. The molecule has 0 saturated heterocycles. The molecule has 0 bridgehead atoms. The molecule has 0 N–H and O–H groups in total. The van der Waals surface area contributed by atoms with E-state index in [-0.39, 0.29) is 0 Å². The van der Waals surface area contributed by atoms with Crippen molar-refractivity contribution >= 4 is 32.5 Å². The molecule has 0 fully saturated rings. The van der Waals surface area contributed by atoms with Crippen LogP contribution in [0.15, 0.2) is 39.5 Å². The van der Waals surface area contributed by atoms with Crippen molar-refractivity contribution in [1.29, 1.82) is 0 Å². The molecule has 0 spiro atoms. The van der Waals surface area contributed by atoms with E-state index in [2.05, 4.69) is 0 Å². The van der Waals surface area contributed by atoms with Gasteiger partial charge in [-0.2, -0.15) is 0 Å². The van der Waals surface area contributed by atoms with Crippen LogP contribution in [0.4, 0.5) is 0 Å². The fourth-order valence-corrected chi connectivity index (χ4v) is 3.15. The van der Waals surface area contributed by atoms with E-state index in [1.54, 1.807) is 20.3 Å². The van der Waals surface area contributed by atoms with E-state index in [1.807, 2.05) is 24.3 Å². The lowest BCUT2D eigenvalue weighted by Crippen LogP contribution is -2.05. The highest BCUT2D eigenvalue weighted by atomic mass is 16.5. The Morgan fingerprint density at radius 3 is 2.22 bits per heavy atom. The third-order valence-electron chi connectivity index (χ3n) is 4.14. The van der Waals surface area contributed by atoms with Gasteiger partial charge in [-0.1, -0.05) is 12.1 Å². The molecule has 0 aliphatic rings. The minimum absolute atomic E-state index is 0.388. The van der Waals surface area contributed by atoms with E-state index < -0.39 is 5.63 Å². The lowest BCUT2D eigenvalue weighted by Gasteiger charge is -2.15. The van der Waals surface area contributed by atoms with E-state index in [4.69, 9.17) is 18.6 Å². The van der Waals surface area contributed by atoms with E-state index >= 15 is 0 Å². The third kappa shape index (κ3) is 1.76. The minimum Gasteiger partial charge on any atom is -0.497 e. The van der Waals surface area contributed by atoms with Crippen molar-refractivity contribution in [3.05, 3.63) is 40.8 Å². The molecule has 0 amide bonds. The van der Waals surface area contributed by atoms with E-state index in [1.165, 1.54) is 7.11 Å². The Morgan fingerprint density at radius 1 is 0.826 bits per heavy atom. The lowest BCUT2D eigenvalue weighted by atomic mass is 9.97. The predicted octanol–water partition coefficient (Wildman–Crippen LogP) is 3.56. The van der Waals surface area contributed by atoms with Gasteiger partial charge < -0.3 is 18.6 Å². The Labute approximate surface area is 131 Å². The molecule has 3 aromatic carbocycles. The summed E-state index contributed by atoms with van der Waals surface area (Å²) in [6.45, 7) is 0. The molecule has 0 radical (unpaired) electrons. The largest absolute Gasteiger partial charge is 0.497 e. The van der Waals surface area contributed by atoms with Crippen molar-refractivity contribution in [2.75, 3.05) is 21.3 Å². The number of rotatable bonds is 3. The highest BCUT2D eigenvalue weighted by molar-refractivity contribution is 6.23. The Hall–Kier alpha value is -2.95. The van der Waals surface area contributed by atoms with Crippen molar-refractivity contribution in [2.24, 2.45) is 0 Å². The van der Waals surface area contributed by atoms with Gasteiger partial charge in [0.15, 0.2) is 11.5 Å². The summed E-state index contributed by atoms with van der Waals surface area (Å²) in [6.07, 6.45) is 0. The highest BCUT2D eigenvalue weighted by Crippen LogP contribution is 2.42. The summed E-state index contributed by atoms with van der Waals surface area (Å²) >= 11 is 0. The zero-order valence-corrected chi connectivity index (χ0v) is 12.9. The van der Waals surface area contributed by atoms with Gasteiger partial charge in [0.2, 0.25) is 0 Å². The molecule has 1 heterocycles. The molecule has 0 unspecified atom stereocenters. The van der Waals surface area contributed by atoms with Crippen LogP contribution in [0.3, 0.4) is 0 Å². The van der Waals surface area contributed by atoms with Crippen LogP contribution >= 0.6 is 0 Å². The molecule has 5 nitrogen and oxygen atoms in total. The van der Waals surface area contributed by atoms with Crippen LogP contribution in [0.5, 0.6) is 17.2 Å². The van der Waals surface area contributed by atoms with Crippen LogP contribution in [0.1, 0.15) is 0 Å². The van der Waals surface area contributed by atoms with Crippen LogP contribution in [-0.4, -0.2) is 21.3 Å². The number of ether oxygens (including phenoxy) is 3. The zero-order chi connectivity index (χ0) is 16.1. The van der Waals surface area contributed by atoms with Crippen LogP contribution in [-0.2, 0) is 0 Å². The van der Waals surface area contributed by atoms with Gasteiger partial charge in [-0.05, 0) is 22.9 Å². The van der Waals surface area contributed by atoms with Gasteiger partial charge >= 0.3 is 5.63 Å². The van der Waals surface area contributed by atoms with Crippen molar-refractivity contribution in [3.8, 4) is 17.2 Å². The molecule has 5 heteroatoms. The minimum atomic E-state index is -0.459. The summed E-state index contributed by atoms with van der Waals surface area (Å²) in [5.74, 6) is 1.53. The Morgan fingerprint density at radius 2 is 1.57 bits per heavy atom. The summed E-state index contributed by atoms with van der Waals surface area (Å²) < 4.78 is 21.6. The van der Waals surface area contributed by atoms with Crippen LogP contribution < -0.4 is 19.8 Å². The maximum Gasteiger partial charge on any atom is 0.348 e. The number of hydrogen-bond donors (Lipinski definition) is 0. The molecule has 1 aromatic heterocycles. The fourth-order valence-electron chi connectivity index (χ4n) is 3.15. The molecule has 116 valence electrons. The Balaban J connectivity index is 2.34. The molecule has 0 aliphatic heterocycles. The standard InChI is InChI=1S/C18H14O5/c1-20-11-6-9-4-5-10-7-13(21-2)17(22-3)16-15(10)14(9)12(8-11)23-18(16)19/h4-8H,1-3H3. The van der Waals surface area contributed by atoms with Gasteiger partial charge in [-0.3, -0.25) is 0 Å². The molecule has 0 saturated carbocycles. The summed E-state index contributed by atoms with van der Waals surface area (Å²) in [7, 11) is 4.64. The first-order chi connectivity index (χ1) is 11.2. The first-order valence-electron chi connectivity index (χ1n) is 7.09. The Kier molecular flexibility index (Phi) is 2.84. The molecule has 23 heavy (non-hydrogen) atoms. The van der Waals surface area contributed by atoms with Crippen molar-refractivity contribution in [3.63, 3.8) is 0 Å². The number of methoxy groups -OCH3 is 3. The van der Waals surface area contributed by atoms with Gasteiger partial charge in [0.05, 0.1) is 21.3 Å². The SMILES string of the molecule is COc1cc2ccc3cc(OC)c(OC)c4c(=O)oc(c1)c2c34. The smallest absolute Gasteiger partial charge is 0.348 e. The van der Waals surface area contributed by atoms with Crippen LogP contribution in [0, 0.1) is 0 Å². The molecular formula is C18H14O5. The van der Waals surface area contributed by atoms with Gasteiger partial charge in [-0.25, -0.2) is 4.79 Å². The topological polar surface area (TPSA) is 57.9 Å². The van der Waals surface area contributed by atoms with Crippen molar-refractivity contribution in [1.82, 2.24) is 0 Å². The fraction of sp³-hybridized carbons (Fsp3) is 0.167. The molecular weight excluding hydrogens is 296 g/mol. The summed E-state index contributed by atoms with van der Waals surface area (Å²) in [5.41, 5.74) is 0.0358.